The van der Waals surface area contributed by atoms with Gasteiger partial charge in [0.25, 0.3) is 0 Å². The topological polar surface area (TPSA) is 39.1 Å². The zero-order valence-corrected chi connectivity index (χ0v) is 12.0. The van der Waals surface area contributed by atoms with Crippen LogP contribution in [0.15, 0.2) is 0 Å². The van der Waals surface area contributed by atoms with E-state index in [1.807, 2.05) is 4.68 Å². The Hall–Kier alpha value is -0.580. The maximum Gasteiger partial charge on any atom is 0.0903 e. The third kappa shape index (κ3) is 3.05. The normalized spacial score (nSPS) is 17.3. The summed E-state index contributed by atoms with van der Waals surface area (Å²) < 4.78 is 7.93. The van der Waals surface area contributed by atoms with Crippen LogP contribution in [0.1, 0.15) is 38.1 Å². The van der Waals surface area contributed by atoms with Gasteiger partial charge in [-0.05, 0) is 39.3 Å². The second-order valence-corrected chi connectivity index (χ2v) is 5.02. The van der Waals surface area contributed by atoms with Gasteiger partial charge >= 0.3 is 0 Å². The number of piperidine rings is 1. The third-order valence-electron chi connectivity index (χ3n) is 3.44. The van der Waals surface area contributed by atoms with Crippen LogP contribution in [0.2, 0.25) is 5.02 Å². The van der Waals surface area contributed by atoms with Crippen molar-refractivity contribution in [3.8, 4) is 0 Å². The van der Waals surface area contributed by atoms with E-state index in [0.29, 0.717) is 12.7 Å². The lowest BCUT2D eigenvalue weighted by Crippen LogP contribution is -2.32. The van der Waals surface area contributed by atoms with E-state index in [9.17, 15) is 0 Å². The second-order valence-electron chi connectivity index (χ2n) is 4.64. The first-order chi connectivity index (χ1) is 8.76. The van der Waals surface area contributed by atoms with Gasteiger partial charge in [0.2, 0.25) is 0 Å². The molecule has 1 aromatic rings. The van der Waals surface area contributed by atoms with Crippen LogP contribution in [0.5, 0.6) is 0 Å². The zero-order valence-electron chi connectivity index (χ0n) is 11.2. The van der Waals surface area contributed by atoms with Gasteiger partial charge in [-0.2, -0.15) is 5.10 Å². The van der Waals surface area contributed by atoms with Crippen molar-refractivity contribution in [2.45, 2.75) is 52.4 Å². The molecule has 2 rings (SSSR count). The molecule has 2 heterocycles. The number of rotatable bonds is 5. The monoisotopic (exact) mass is 271 g/mol. The summed E-state index contributed by atoms with van der Waals surface area (Å²) in [6, 6.07) is 0. The highest BCUT2D eigenvalue weighted by atomic mass is 35.5. The van der Waals surface area contributed by atoms with E-state index in [1.54, 1.807) is 0 Å². The van der Waals surface area contributed by atoms with Gasteiger partial charge in [-0.25, -0.2) is 0 Å². The van der Waals surface area contributed by atoms with Crippen molar-refractivity contribution in [3.05, 3.63) is 16.4 Å². The van der Waals surface area contributed by atoms with E-state index in [-0.39, 0.29) is 0 Å². The van der Waals surface area contributed by atoms with Crippen molar-refractivity contribution < 1.29 is 4.74 Å². The summed E-state index contributed by atoms with van der Waals surface area (Å²) >= 11 is 6.35. The molecule has 0 aliphatic carbocycles. The molecule has 0 atom stereocenters. The Kier molecular flexibility index (Phi) is 5.03. The van der Waals surface area contributed by atoms with Crippen LogP contribution >= 0.6 is 11.6 Å². The molecule has 0 spiro atoms. The molecule has 1 aliphatic rings. The molecular formula is C13H22ClN3O. The number of nitrogens with zero attached hydrogens (tertiary/aromatic N) is 2. The van der Waals surface area contributed by atoms with Crippen molar-refractivity contribution in [3.63, 3.8) is 0 Å². The lowest BCUT2D eigenvalue weighted by molar-refractivity contribution is 0.0179. The molecule has 4 nitrogen and oxygen atoms in total. The van der Waals surface area contributed by atoms with Crippen molar-refractivity contribution in [2.24, 2.45) is 0 Å². The Bertz CT molecular complexity index is 386. The molecule has 1 aromatic heterocycles. The molecular weight excluding hydrogens is 250 g/mol. The summed E-state index contributed by atoms with van der Waals surface area (Å²) in [6.07, 6.45) is 3.39. The van der Waals surface area contributed by atoms with Gasteiger partial charge in [0, 0.05) is 6.54 Å². The average Bonchev–Trinajstić information content (AvgIpc) is 2.73. The van der Waals surface area contributed by atoms with Gasteiger partial charge in [-0.3, -0.25) is 4.68 Å². The maximum absolute atomic E-state index is 6.35. The molecule has 0 unspecified atom stereocenters. The Morgan fingerprint density at radius 2 is 2.11 bits per heavy atom. The van der Waals surface area contributed by atoms with Gasteiger partial charge < -0.3 is 10.1 Å². The van der Waals surface area contributed by atoms with Gasteiger partial charge in [0.15, 0.2) is 0 Å². The Morgan fingerprint density at radius 1 is 1.39 bits per heavy atom. The minimum Gasteiger partial charge on any atom is -0.372 e. The Labute approximate surface area is 114 Å². The zero-order chi connectivity index (χ0) is 13.0. The molecule has 0 amide bonds. The highest BCUT2D eigenvalue weighted by Crippen LogP contribution is 2.23. The highest BCUT2D eigenvalue weighted by Gasteiger charge is 2.18. The van der Waals surface area contributed by atoms with Crippen LogP contribution in [0.25, 0.3) is 0 Å². The first-order valence-corrected chi connectivity index (χ1v) is 7.20. The predicted molar refractivity (Wildman–Crippen MR) is 73.0 cm³/mol. The maximum atomic E-state index is 6.35. The molecule has 1 N–H and O–H groups in total. The van der Waals surface area contributed by atoms with Gasteiger partial charge in [0.1, 0.15) is 0 Å². The van der Waals surface area contributed by atoms with E-state index < -0.39 is 0 Å². The molecule has 1 saturated heterocycles. The highest BCUT2D eigenvalue weighted by molar-refractivity contribution is 6.31. The smallest absolute Gasteiger partial charge is 0.0903 e. The van der Waals surface area contributed by atoms with Crippen LogP contribution in [0, 0.1) is 0 Å². The predicted octanol–water partition coefficient (Wildman–Crippen LogP) is 2.39. The fraction of sp³-hybridized carbons (Fsp3) is 0.769. The van der Waals surface area contributed by atoms with E-state index >= 15 is 0 Å². The molecule has 0 bridgehead atoms. The SMILES string of the molecule is CCc1nn(CC)c(COC2CCNCC2)c1Cl. The van der Waals surface area contributed by atoms with E-state index in [4.69, 9.17) is 16.3 Å². The number of aromatic nitrogens is 2. The Balaban J connectivity index is 2.01. The molecule has 0 radical (unpaired) electrons. The summed E-state index contributed by atoms with van der Waals surface area (Å²) in [7, 11) is 0. The minimum atomic E-state index is 0.354. The van der Waals surface area contributed by atoms with E-state index in [1.165, 1.54) is 0 Å². The number of ether oxygens (including phenoxy) is 1. The fourth-order valence-electron chi connectivity index (χ4n) is 2.31. The standard InChI is InChI=1S/C13H22ClN3O/c1-3-11-13(14)12(17(4-2)16-11)9-18-10-5-7-15-8-6-10/h10,15H,3-9H2,1-2H3. The van der Waals surface area contributed by atoms with Crippen molar-refractivity contribution in [2.75, 3.05) is 13.1 Å². The summed E-state index contributed by atoms with van der Waals surface area (Å²) in [4.78, 5) is 0. The van der Waals surface area contributed by atoms with Gasteiger partial charge in [-0.1, -0.05) is 18.5 Å². The van der Waals surface area contributed by atoms with Gasteiger partial charge in [-0.15, -0.1) is 0 Å². The van der Waals surface area contributed by atoms with Crippen LogP contribution in [-0.2, 0) is 24.3 Å². The number of halogens is 1. The summed E-state index contributed by atoms with van der Waals surface area (Å²) in [6.45, 7) is 7.66. The number of nitrogens with one attached hydrogen (secondary N) is 1. The van der Waals surface area contributed by atoms with Crippen LogP contribution in [0.3, 0.4) is 0 Å². The number of hydrogen-bond acceptors (Lipinski definition) is 3. The molecule has 1 aliphatic heterocycles. The van der Waals surface area contributed by atoms with Crippen LogP contribution in [-0.4, -0.2) is 29.0 Å². The van der Waals surface area contributed by atoms with Crippen LogP contribution < -0.4 is 5.32 Å². The average molecular weight is 272 g/mol. The molecule has 5 heteroatoms. The quantitative estimate of drug-likeness (QED) is 0.894. The lowest BCUT2D eigenvalue weighted by Gasteiger charge is -2.23. The van der Waals surface area contributed by atoms with E-state index in [2.05, 4.69) is 24.3 Å². The third-order valence-corrected chi connectivity index (χ3v) is 3.87. The number of hydrogen-bond donors (Lipinski definition) is 1. The first-order valence-electron chi connectivity index (χ1n) is 6.82. The molecule has 18 heavy (non-hydrogen) atoms. The lowest BCUT2D eigenvalue weighted by atomic mass is 10.1. The molecule has 1 fully saturated rings. The molecule has 0 aromatic carbocycles. The summed E-state index contributed by atoms with van der Waals surface area (Å²) in [5.74, 6) is 0. The Morgan fingerprint density at radius 3 is 2.72 bits per heavy atom. The van der Waals surface area contributed by atoms with Crippen molar-refractivity contribution >= 4 is 11.6 Å². The van der Waals surface area contributed by atoms with Crippen molar-refractivity contribution in [1.82, 2.24) is 15.1 Å². The van der Waals surface area contributed by atoms with Crippen molar-refractivity contribution in [1.29, 1.82) is 0 Å². The fourth-order valence-corrected chi connectivity index (χ4v) is 2.64. The molecule has 102 valence electrons. The summed E-state index contributed by atoms with van der Waals surface area (Å²) in [5.41, 5.74) is 2.00. The minimum absolute atomic E-state index is 0.354. The largest absolute Gasteiger partial charge is 0.372 e. The van der Waals surface area contributed by atoms with Gasteiger partial charge in [0.05, 0.1) is 29.1 Å². The first kappa shape index (κ1) is 13.8. The number of aryl methyl sites for hydroxylation is 2. The van der Waals surface area contributed by atoms with Crippen LogP contribution in [0.4, 0.5) is 0 Å². The van der Waals surface area contributed by atoms with E-state index in [0.717, 1.165) is 55.3 Å². The summed E-state index contributed by atoms with van der Waals surface area (Å²) in [5, 5.41) is 8.62. The second kappa shape index (κ2) is 6.55. The molecule has 0 saturated carbocycles.